The highest BCUT2D eigenvalue weighted by atomic mass is 16.6. The minimum absolute atomic E-state index is 0.191. The van der Waals surface area contributed by atoms with Crippen molar-refractivity contribution >= 4 is 11.9 Å². The molecule has 0 aliphatic heterocycles. The van der Waals surface area contributed by atoms with Crippen LogP contribution in [0.2, 0.25) is 0 Å². The average Bonchev–Trinajstić information content (AvgIpc) is 3.34. The molecule has 0 spiro atoms. The molecule has 406 valence electrons. The molecular formula is C64H126O4. The first-order valence-corrected chi connectivity index (χ1v) is 31.9. The molecular weight excluding hydrogens is 833 g/mol. The van der Waals surface area contributed by atoms with Gasteiger partial charge in [-0.15, -0.1) is 0 Å². The zero-order valence-electron chi connectivity index (χ0n) is 47.6. The molecule has 68 heavy (non-hydrogen) atoms. The van der Waals surface area contributed by atoms with Gasteiger partial charge in [-0.3, -0.25) is 4.79 Å². The number of hydrogen-bond donors (Lipinski definition) is 0. The summed E-state index contributed by atoms with van der Waals surface area (Å²) in [6.45, 7) is 11.5. The molecule has 0 saturated heterocycles. The second-order valence-corrected chi connectivity index (χ2v) is 22.3. The Kier molecular flexibility index (Phi) is 54.4. The maximum absolute atomic E-state index is 14.6. The van der Waals surface area contributed by atoms with Gasteiger partial charge in [-0.05, 0) is 57.8 Å². The van der Waals surface area contributed by atoms with Gasteiger partial charge < -0.3 is 9.47 Å². The number of unbranched alkanes of at least 4 members (excludes halogenated alkanes) is 45. The Balaban J connectivity index is 5.53. The van der Waals surface area contributed by atoms with Crippen molar-refractivity contribution in [2.45, 2.75) is 399 Å². The minimum Gasteiger partial charge on any atom is -0.456 e. The van der Waals surface area contributed by atoms with E-state index in [0.717, 1.165) is 64.2 Å². The molecule has 0 N–H and O–H groups in total. The molecule has 0 bridgehead atoms. The highest BCUT2D eigenvalue weighted by Gasteiger charge is 2.36. The van der Waals surface area contributed by atoms with Crippen molar-refractivity contribution in [2.24, 2.45) is 0 Å². The van der Waals surface area contributed by atoms with E-state index < -0.39 is 11.7 Å². The normalized spacial score (nSPS) is 12.2. The van der Waals surface area contributed by atoms with E-state index in [1.807, 2.05) is 0 Å². The second-order valence-electron chi connectivity index (χ2n) is 22.3. The Morgan fingerprint density at radius 3 is 0.779 bits per heavy atom. The number of hydrogen-bond acceptors (Lipinski definition) is 4. The number of rotatable bonds is 58. The van der Waals surface area contributed by atoms with Crippen molar-refractivity contribution in [3.05, 3.63) is 0 Å². The van der Waals surface area contributed by atoms with Crippen LogP contribution in [-0.4, -0.2) is 23.6 Å². The van der Waals surface area contributed by atoms with Crippen LogP contribution >= 0.6 is 0 Å². The lowest BCUT2D eigenvalue weighted by molar-refractivity contribution is -0.182. The molecule has 0 rings (SSSR count). The molecule has 4 nitrogen and oxygen atoms in total. The van der Waals surface area contributed by atoms with E-state index in [9.17, 15) is 9.59 Å². The maximum Gasteiger partial charge on any atom is 0.347 e. The number of carbonyl (C=O) groups excluding carboxylic acids is 2. The van der Waals surface area contributed by atoms with Gasteiger partial charge in [-0.2, -0.15) is 0 Å². The zero-order chi connectivity index (χ0) is 49.5. The second kappa shape index (κ2) is 55.3. The summed E-state index contributed by atoms with van der Waals surface area (Å²) in [6.07, 6.45) is 67.6. The quantitative estimate of drug-likeness (QED) is 0.0450. The molecule has 0 aliphatic rings. The summed E-state index contributed by atoms with van der Waals surface area (Å²) in [5.74, 6) is -0.430. The maximum atomic E-state index is 14.6. The van der Waals surface area contributed by atoms with Crippen molar-refractivity contribution in [3.8, 4) is 0 Å². The van der Waals surface area contributed by atoms with E-state index in [1.54, 1.807) is 0 Å². The van der Waals surface area contributed by atoms with Crippen LogP contribution in [0.5, 0.6) is 0 Å². The summed E-state index contributed by atoms with van der Waals surface area (Å²) < 4.78 is 13.1. The van der Waals surface area contributed by atoms with Gasteiger partial charge in [-0.25, -0.2) is 4.79 Å². The lowest BCUT2D eigenvalue weighted by Crippen LogP contribution is -2.40. The van der Waals surface area contributed by atoms with Gasteiger partial charge in [0.2, 0.25) is 0 Å². The number of esters is 2. The van der Waals surface area contributed by atoms with Crippen molar-refractivity contribution in [2.75, 3.05) is 0 Å². The molecule has 0 amide bonds. The van der Waals surface area contributed by atoms with Crippen LogP contribution in [0.15, 0.2) is 0 Å². The lowest BCUT2D eigenvalue weighted by Gasteiger charge is -2.35. The van der Waals surface area contributed by atoms with Gasteiger partial charge in [0, 0.05) is 6.42 Å². The summed E-state index contributed by atoms with van der Waals surface area (Å²) in [5.41, 5.74) is -0.442. The number of carbonyl (C=O) groups is 2. The largest absolute Gasteiger partial charge is 0.456 e. The predicted octanol–water partition coefficient (Wildman–Crippen LogP) is 22.7. The first-order valence-electron chi connectivity index (χ1n) is 31.9. The molecule has 0 aromatic rings. The standard InChI is InChI=1S/C64H126O4/c1-6-11-16-21-26-29-31-33-35-37-39-41-44-47-52-57-62(65)67-61(56-51-46-43-40-38-36-34-32-30-27-22-17-12-7-2)63(66)68-64(58-53-48-24-19-14-9-4,59-54-49-25-20-15-10-5)60-55-50-45-42-28-23-18-13-8-3/h61H,6-60H2,1-5H3. The third-order valence-corrected chi connectivity index (χ3v) is 15.4. The van der Waals surface area contributed by atoms with Crippen LogP contribution in [0.3, 0.4) is 0 Å². The Labute approximate surface area is 428 Å². The smallest absolute Gasteiger partial charge is 0.347 e. The van der Waals surface area contributed by atoms with Crippen LogP contribution < -0.4 is 0 Å². The van der Waals surface area contributed by atoms with Gasteiger partial charge in [-0.1, -0.05) is 324 Å². The topological polar surface area (TPSA) is 52.6 Å². The highest BCUT2D eigenvalue weighted by Crippen LogP contribution is 2.34. The monoisotopic (exact) mass is 959 g/mol. The van der Waals surface area contributed by atoms with Crippen LogP contribution in [-0.2, 0) is 19.1 Å². The Hall–Kier alpha value is -1.06. The minimum atomic E-state index is -0.771. The van der Waals surface area contributed by atoms with Crippen molar-refractivity contribution in [1.29, 1.82) is 0 Å². The SMILES string of the molecule is CCCCCCCCCCCCCCCCCC(=O)OC(CCCCCCCCCCCCCCCC)C(=O)OC(CCCCCCCC)(CCCCCCCC)CCCCCCCCCCC. The fourth-order valence-electron chi connectivity index (χ4n) is 10.6. The van der Waals surface area contributed by atoms with Gasteiger partial charge in [0.1, 0.15) is 5.60 Å². The van der Waals surface area contributed by atoms with Crippen molar-refractivity contribution in [3.63, 3.8) is 0 Å². The molecule has 0 aliphatic carbocycles. The van der Waals surface area contributed by atoms with Crippen LogP contribution in [0.1, 0.15) is 388 Å². The Bertz CT molecular complexity index is 976. The van der Waals surface area contributed by atoms with E-state index in [1.165, 1.54) is 276 Å². The van der Waals surface area contributed by atoms with Crippen LogP contribution in [0.25, 0.3) is 0 Å². The molecule has 0 radical (unpaired) electrons. The van der Waals surface area contributed by atoms with Gasteiger partial charge in [0.05, 0.1) is 0 Å². The number of ether oxygens (including phenoxy) is 2. The summed E-state index contributed by atoms with van der Waals surface area (Å²) in [6, 6.07) is 0. The van der Waals surface area contributed by atoms with E-state index in [2.05, 4.69) is 34.6 Å². The van der Waals surface area contributed by atoms with E-state index in [4.69, 9.17) is 9.47 Å². The van der Waals surface area contributed by atoms with E-state index in [-0.39, 0.29) is 11.9 Å². The fraction of sp³-hybridized carbons (Fsp3) is 0.969. The molecule has 0 heterocycles. The van der Waals surface area contributed by atoms with Gasteiger partial charge in [0.25, 0.3) is 0 Å². The van der Waals surface area contributed by atoms with Crippen molar-refractivity contribution in [1.82, 2.24) is 0 Å². The Morgan fingerprint density at radius 2 is 0.515 bits per heavy atom. The molecule has 4 heteroatoms. The van der Waals surface area contributed by atoms with Crippen LogP contribution in [0, 0.1) is 0 Å². The molecule has 1 atom stereocenters. The van der Waals surface area contributed by atoms with Crippen LogP contribution in [0.4, 0.5) is 0 Å². The van der Waals surface area contributed by atoms with E-state index in [0.29, 0.717) is 12.8 Å². The third-order valence-electron chi connectivity index (χ3n) is 15.4. The lowest BCUT2D eigenvalue weighted by atomic mass is 9.84. The first kappa shape index (κ1) is 66.9. The molecule has 0 aromatic carbocycles. The summed E-state index contributed by atoms with van der Waals surface area (Å²) in [5, 5.41) is 0. The summed E-state index contributed by atoms with van der Waals surface area (Å²) in [4.78, 5) is 28.1. The highest BCUT2D eigenvalue weighted by molar-refractivity contribution is 5.79. The molecule has 0 saturated carbocycles. The summed E-state index contributed by atoms with van der Waals surface area (Å²) in [7, 11) is 0. The summed E-state index contributed by atoms with van der Waals surface area (Å²) >= 11 is 0. The predicted molar refractivity (Wildman–Crippen MR) is 301 cm³/mol. The zero-order valence-corrected chi connectivity index (χ0v) is 47.6. The van der Waals surface area contributed by atoms with E-state index >= 15 is 0 Å². The Morgan fingerprint density at radius 1 is 0.294 bits per heavy atom. The molecule has 0 aromatic heterocycles. The first-order chi connectivity index (χ1) is 33.5. The fourth-order valence-corrected chi connectivity index (χ4v) is 10.6. The third kappa shape index (κ3) is 47.3. The van der Waals surface area contributed by atoms with Crippen molar-refractivity contribution < 1.29 is 19.1 Å². The van der Waals surface area contributed by atoms with Gasteiger partial charge >= 0.3 is 11.9 Å². The van der Waals surface area contributed by atoms with Gasteiger partial charge in [0.15, 0.2) is 6.10 Å². The molecule has 0 fully saturated rings. The molecule has 1 unspecified atom stereocenters. The average molecular weight is 960 g/mol.